The van der Waals surface area contributed by atoms with Crippen molar-refractivity contribution < 1.29 is 25.5 Å². The number of fused-ring (bicyclic) bond motifs is 3. The van der Waals surface area contributed by atoms with E-state index in [1.807, 2.05) is 0 Å². The van der Waals surface area contributed by atoms with Gasteiger partial charge in [-0.3, -0.25) is 0 Å². The molecular weight excluding hydrogens is 334 g/mol. The molecule has 3 aliphatic carbocycles. The van der Waals surface area contributed by atoms with E-state index in [4.69, 9.17) is 0 Å². The average Bonchev–Trinajstić information content (AvgIpc) is 2.83. The van der Waals surface area contributed by atoms with Crippen LogP contribution < -0.4 is 0 Å². The fourth-order valence-corrected chi connectivity index (χ4v) is 6.79. The Bertz CT molecular complexity index is 512. The fourth-order valence-electron chi connectivity index (χ4n) is 6.79. The summed E-state index contributed by atoms with van der Waals surface area (Å²) in [6, 6.07) is 0. The van der Waals surface area contributed by atoms with Crippen molar-refractivity contribution in [3.63, 3.8) is 0 Å². The third-order valence-electron chi connectivity index (χ3n) is 8.18. The largest absolute Gasteiger partial charge is 0.396 e. The number of aliphatic hydroxyl groups is 5. The maximum Gasteiger partial charge on any atom is 0.0990 e. The summed E-state index contributed by atoms with van der Waals surface area (Å²) in [6.45, 7) is 3.34. The van der Waals surface area contributed by atoms with Gasteiger partial charge >= 0.3 is 0 Å². The number of piperidine rings is 1. The van der Waals surface area contributed by atoms with Gasteiger partial charge in [0.25, 0.3) is 0 Å². The van der Waals surface area contributed by atoms with Gasteiger partial charge in [-0.05, 0) is 68.9 Å². The summed E-state index contributed by atoms with van der Waals surface area (Å²) < 4.78 is 0. The van der Waals surface area contributed by atoms with Gasteiger partial charge in [-0.1, -0.05) is 6.42 Å². The van der Waals surface area contributed by atoms with Crippen LogP contribution >= 0.6 is 0 Å². The first-order valence-corrected chi connectivity index (χ1v) is 10.5. The van der Waals surface area contributed by atoms with Crippen molar-refractivity contribution >= 4 is 0 Å². The Balaban J connectivity index is 1.53. The minimum absolute atomic E-state index is 0.0204. The third kappa shape index (κ3) is 2.93. The van der Waals surface area contributed by atoms with Gasteiger partial charge in [-0.25, -0.2) is 0 Å². The Labute approximate surface area is 155 Å². The molecule has 0 aromatic rings. The molecule has 0 radical (unpaired) electrons. The Kier molecular flexibility index (Phi) is 5.12. The summed E-state index contributed by atoms with van der Waals surface area (Å²) in [5, 5.41) is 52.9. The van der Waals surface area contributed by atoms with E-state index in [1.165, 1.54) is 19.3 Å². The quantitative estimate of drug-likeness (QED) is 0.484. The van der Waals surface area contributed by atoms with Crippen LogP contribution in [0.3, 0.4) is 0 Å². The Morgan fingerprint density at radius 2 is 1.58 bits per heavy atom. The number of rotatable bonds is 3. The zero-order valence-corrected chi connectivity index (χ0v) is 15.6. The first-order valence-electron chi connectivity index (χ1n) is 10.5. The van der Waals surface area contributed by atoms with Crippen LogP contribution in [-0.2, 0) is 0 Å². The Morgan fingerprint density at radius 3 is 2.27 bits per heavy atom. The molecule has 8 atom stereocenters. The Morgan fingerprint density at radius 1 is 0.885 bits per heavy atom. The predicted octanol–water partition coefficient (Wildman–Crippen LogP) is 0.105. The van der Waals surface area contributed by atoms with Crippen molar-refractivity contribution in [3.8, 4) is 0 Å². The van der Waals surface area contributed by atoms with E-state index in [-0.39, 0.29) is 37.2 Å². The smallest absolute Gasteiger partial charge is 0.0990 e. The Hall–Kier alpha value is -0.240. The van der Waals surface area contributed by atoms with E-state index in [0.29, 0.717) is 12.3 Å². The number of hydrogen-bond donors (Lipinski definition) is 5. The van der Waals surface area contributed by atoms with Crippen molar-refractivity contribution in [1.82, 2.24) is 4.90 Å². The lowest BCUT2D eigenvalue weighted by Gasteiger charge is -2.50. The summed E-state index contributed by atoms with van der Waals surface area (Å²) in [6.07, 6.45) is 4.05. The summed E-state index contributed by atoms with van der Waals surface area (Å²) in [7, 11) is 0. The van der Waals surface area contributed by atoms with Crippen molar-refractivity contribution in [2.24, 2.45) is 23.7 Å². The number of aliphatic hydroxyl groups excluding tert-OH is 3. The van der Waals surface area contributed by atoms with E-state index in [0.717, 1.165) is 32.5 Å². The van der Waals surface area contributed by atoms with Gasteiger partial charge in [0, 0.05) is 26.0 Å². The summed E-state index contributed by atoms with van der Waals surface area (Å²) in [5.41, 5.74) is -2.70. The molecule has 0 amide bonds. The highest BCUT2D eigenvalue weighted by Gasteiger charge is 2.68. The molecule has 26 heavy (non-hydrogen) atoms. The van der Waals surface area contributed by atoms with Crippen LogP contribution in [0.25, 0.3) is 0 Å². The van der Waals surface area contributed by atoms with Gasteiger partial charge in [-0.15, -0.1) is 0 Å². The minimum Gasteiger partial charge on any atom is -0.396 e. The third-order valence-corrected chi connectivity index (χ3v) is 8.18. The molecule has 4 aliphatic rings. The molecule has 150 valence electrons. The van der Waals surface area contributed by atoms with E-state index < -0.39 is 23.4 Å². The topological polar surface area (TPSA) is 104 Å². The van der Waals surface area contributed by atoms with Gasteiger partial charge in [0.15, 0.2) is 0 Å². The zero-order chi connectivity index (χ0) is 18.5. The highest BCUT2D eigenvalue weighted by molar-refractivity contribution is 5.19. The molecule has 0 bridgehead atoms. The first kappa shape index (κ1) is 19.1. The molecule has 3 saturated carbocycles. The summed E-state index contributed by atoms with van der Waals surface area (Å²) in [4.78, 5) is 2.51. The fraction of sp³-hybridized carbons (Fsp3) is 1.00. The highest BCUT2D eigenvalue weighted by Crippen LogP contribution is 2.61. The molecule has 1 saturated heterocycles. The molecule has 0 aromatic carbocycles. The SMILES string of the molecule is OCC1C(CN2CCCCC2)CCC2C1CC1(O)CC(O)C(O)CC21O. The molecule has 0 spiro atoms. The lowest BCUT2D eigenvalue weighted by atomic mass is 9.62. The zero-order valence-electron chi connectivity index (χ0n) is 15.6. The minimum atomic E-state index is -1.35. The van der Waals surface area contributed by atoms with Crippen molar-refractivity contribution in [3.05, 3.63) is 0 Å². The standard InChI is InChI=1S/C20H35NO5/c22-12-15-13(11-21-6-2-1-3-7-21)4-5-16-14(15)8-19(25)9-17(23)18(24)10-20(16,19)26/h13-18,22-26H,1-12H2. The van der Waals surface area contributed by atoms with E-state index in [2.05, 4.69) is 4.90 Å². The summed E-state index contributed by atoms with van der Waals surface area (Å²) >= 11 is 0. The first-order chi connectivity index (χ1) is 12.4. The lowest BCUT2D eigenvalue weighted by molar-refractivity contribution is -0.222. The van der Waals surface area contributed by atoms with Crippen LogP contribution in [0.2, 0.25) is 0 Å². The molecule has 1 aliphatic heterocycles. The number of likely N-dealkylation sites (tertiary alicyclic amines) is 1. The van der Waals surface area contributed by atoms with Gasteiger partial charge in [-0.2, -0.15) is 0 Å². The summed E-state index contributed by atoms with van der Waals surface area (Å²) in [5.74, 6) is 0.408. The monoisotopic (exact) mass is 369 g/mol. The van der Waals surface area contributed by atoms with Gasteiger partial charge in [0.05, 0.1) is 23.4 Å². The van der Waals surface area contributed by atoms with E-state index >= 15 is 0 Å². The molecule has 0 aromatic heterocycles. The maximum atomic E-state index is 11.4. The van der Waals surface area contributed by atoms with E-state index in [9.17, 15) is 25.5 Å². The average molecular weight is 370 g/mol. The van der Waals surface area contributed by atoms with Gasteiger partial charge in [0.1, 0.15) is 0 Å². The van der Waals surface area contributed by atoms with Crippen molar-refractivity contribution in [2.45, 2.75) is 74.8 Å². The van der Waals surface area contributed by atoms with Crippen molar-refractivity contribution in [1.29, 1.82) is 0 Å². The second-order valence-electron chi connectivity index (χ2n) is 9.52. The van der Waals surface area contributed by atoms with Crippen LogP contribution in [0.15, 0.2) is 0 Å². The second kappa shape index (κ2) is 6.98. The molecule has 6 heteroatoms. The van der Waals surface area contributed by atoms with Crippen LogP contribution in [0.1, 0.15) is 51.4 Å². The van der Waals surface area contributed by atoms with Gasteiger partial charge < -0.3 is 30.4 Å². The second-order valence-corrected chi connectivity index (χ2v) is 9.52. The van der Waals surface area contributed by atoms with Crippen LogP contribution in [0.5, 0.6) is 0 Å². The van der Waals surface area contributed by atoms with E-state index in [1.54, 1.807) is 0 Å². The molecular formula is C20H35NO5. The van der Waals surface area contributed by atoms with Crippen LogP contribution in [0.4, 0.5) is 0 Å². The molecule has 5 N–H and O–H groups in total. The van der Waals surface area contributed by atoms with Crippen molar-refractivity contribution in [2.75, 3.05) is 26.2 Å². The molecule has 1 heterocycles. The normalized spacial score (nSPS) is 52.5. The molecule has 4 fully saturated rings. The van der Waals surface area contributed by atoms with Gasteiger partial charge in [0.2, 0.25) is 0 Å². The van der Waals surface area contributed by atoms with Crippen LogP contribution in [0, 0.1) is 23.7 Å². The predicted molar refractivity (Wildman–Crippen MR) is 96.3 cm³/mol. The highest BCUT2D eigenvalue weighted by atomic mass is 16.4. The van der Waals surface area contributed by atoms with Crippen LogP contribution in [-0.4, -0.2) is 80.1 Å². The molecule has 6 nitrogen and oxygen atoms in total. The number of hydrogen-bond acceptors (Lipinski definition) is 6. The molecule has 4 rings (SSSR count). The lowest BCUT2D eigenvalue weighted by Crippen LogP contribution is -2.62. The molecule has 8 unspecified atom stereocenters. The number of nitrogens with zero attached hydrogens (tertiary/aromatic N) is 1. The maximum absolute atomic E-state index is 11.4.